The topological polar surface area (TPSA) is 137 Å². The maximum absolute atomic E-state index is 13.3. The Hall–Kier alpha value is -1.32. The molecule has 200 valence electrons. The van der Waals surface area contributed by atoms with Crippen LogP contribution in [0, 0.1) is 34.5 Å². The van der Waals surface area contributed by atoms with E-state index in [0.717, 1.165) is 0 Å². The average molecular weight is 505 g/mol. The third kappa shape index (κ3) is 2.58. The van der Waals surface area contributed by atoms with E-state index < -0.39 is 57.3 Å². The molecule has 13 unspecified atom stereocenters. The number of hydrogen-bond acceptors (Lipinski definition) is 8. The molecule has 0 bridgehead atoms. The fraction of sp³-hybridized carbons (Fsp3) is 0.857. The maximum atomic E-state index is 13.3. The van der Waals surface area contributed by atoms with E-state index in [4.69, 9.17) is 9.47 Å². The zero-order valence-electron chi connectivity index (χ0n) is 21.9. The predicted molar refractivity (Wildman–Crippen MR) is 127 cm³/mol. The van der Waals surface area contributed by atoms with Gasteiger partial charge in [-0.25, -0.2) is 0 Å². The molecule has 8 heteroatoms. The summed E-state index contributed by atoms with van der Waals surface area (Å²) in [5.41, 5.74) is -7.04. The summed E-state index contributed by atoms with van der Waals surface area (Å²) in [4.78, 5) is 25.9. The Morgan fingerprint density at radius 2 is 1.75 bits per heavy atom. The summed E-state index contributed by atoms with van der Waals surface area (Å²) < 4.78 is 11.8. The van der Waals surface area contributed by atoms with E-state index in [1.165, 1.54) is 6.08 Å². The minimum atomic E-state index is -1.78. The number of esters is 1. The largest absolute Gasteiger partial charge is 0.459 e. The molecule has 4 aliphatic carbocycles. The molecule has 2 aliphatic heterocycles. The lowest BCUT2D eigenvalue weighted by atomic mass is 9.43. The van der Waals surface area contributed by atoms with E-state index in [1.54, 1.807) is 26.8 Å². The van der Waals surface area contributed by atoms with Crippen molar-refractivity contribution in [2.75, 3.05) is 0 Å². The second-order valence-electron chi connectivity index (χ2n) is 13.6. The van der Waals surface area contributed by atoms with Crippen LogP contribution in [-0.4, -0.2) is 72.9 Å². The third-order valence-corrected chi connectivity index (χ3v) is 12.4. The zero-order chi connectivity index (χ0) is 26.3. The van der Waals surface area contributed by atoms with Crippen molar-refractivity contribution in [1.82, 2.24) is 0 Å². The Morgan fingerprint density at radius 1 is 1.08 bits per heavy atom. The molecule has 0 aromatic rings. The van der Waals surface area contributed by atoms with Crippen molar-refractivity contribution in [2.45, 2.75) is 114 Å². The van der Waals surface area contributed by atoms with Gasteiger partial charge in [0.2, 0.25) is 0 Å². The van der Waals surface area contributed by atoms with Crippen LogP contribution in [0.2, 0.25) is 0 Å². The van der Waals surface area contributed by atoms with Crippen LogP contribution in [0.4, 0.5) is 0 Å². The molecule has 6 rings (SSSR count). The van der Waals surface area contributed by atoms with Gasteiger partial charge in [-0.1, -0.05) is 6.92 Å². The Balaban J connectivity index is 1.34. The molecule has 8 nitrogen and oxygen atoms in total. The molecule has 4 N–H and O–H groups in total. The summed E-state index contributed by atoms with van der Waals surface area (Å²) in [7, 11) is 0. The van der Waals surface area contributed by atoms with Crippen LogP contribution in [0.25, 0.3) is 0 Å². The first-order valence-electron chi connectivity index (χ1n) is 13.5. The van der Waals surface area contributed by atoms with E-state index >= 15 is 0 Å². The lowest BCUT2D eigenvalue weighted by molar-refractivity contribution is -0.270. The van der Waals surface area contributed by atoms with Crippen molar-refractivity contribution >= 4 is 11.8 Å². The van der Waals surface area contributed by atoms with Crippen LogP contribution in [0.15, 0.2) is 12.2 Å². The van der Waals surface area contributed by atoms with Gasteiger partial charge in [0.15, 0.2) is 5.78 Å². The first-order chi connectivity index (χ1) is 16.6. The average Bonchev–Trinajstić information content (AvgIpc) is 3.47. The van der Waals surface area contributed by atoms with E-state index in [0.29, 0.717) is 32.1 Å². The molecule has 0 aromatic heterocycles. The Kier molecular flexibility index (Phi) is 4.86. The number of cyclic esters (lactones) is 1. The quantitative estimate of drug-likeness (QED) is 0.329. The summed E-state index contributed by atoms with van der Waals surface area (Å²) in [6, 6.07) is 0. The molecule has 6 aliphatic rings. The molecule has 5 fully saturated rings. The molecule has 13 atom stereocenters. The molecule has 3 saturated carbocycles. The lowest BCUT2D eigenvalue weighted by Gasteiger charge is -2.61. The van der Waals surface area contributed by atoms with Crippen molar-refractivity contribution in [3.05, 3.63) is 12.2 Å². The number of epoxide rings is 1. The van der Waals surface area contributed by atoms with Gasteiger partial charge < -0.3 is 29.9 Å². The number of fused-ring (bicyclic) bond motifs is 4. The minimum Gasteiger partial charge on any atom is -0.459 e. The van der Waals surface area contributed by atoms with Gasteiger partial charge in [0.25, 0.3) is 0 Å². The normalized spacial score (nSPS) is 59.2. The molecule has 2 heterocycles. The second-order valence-corrected chi connectivity index (χ2v) is 13.6. The van der Waals surface area contributed by atoms with Crippen LogP contribution >= 0.6 is 0 Å². The van der Waals surface area contributed by atoms with Crippen molar-refractivity contribution in [3.63, 3.8) is 0 Å². The zero-order valence-corrected chi connectivity index (χ0v) is 21.9. The number of carbonyl (C=O) groups excluding carboxylic acids is 2. The molecular weight excluding hydrogens is 464 g/mol. The molecule has 0 aromatic carbocycles. The van der Waals surface area contributed by atoms with Gasteiger partial charge in [-0.05, 0) is 89.7 Å². The number of rotatable bonds is 2. The van der Waals surface area contributed by atoms with Crippen molar-refractivity contribution in [2.24, 2.45) is 34.5 Å². The minimum absolute atomic E-state index is 0.000623. The van der Waals surface area contributed by atoms with Crippen molar-refractivity contribution in [3.8, 4) is 0 Å². The lowest BCUT2D eigenvalue weighted by Crippen LogP contribution is -2.70. The highest BCUT2D eigenvalue weighted by Crippen LogP contribution is 2.74. The number of ketones is 1. The fourth-order valence-electron chi connectivity index (χ4n) is 9.71. The fourth-order valence-corrected chi connectivity index (χ4v) is 9.71. The van der Waals surface area contributed by atoms with Gasteiger partial charge in [0.1, 0.15) is 29.0 Å². The summed E-state index contributed by atoms with van der Waals surface area (Å²) in [6.07, 6.45) is 4.00. The smallest absolute Gasteiger partial charge is 0.311 e. The molecular formula is C28H40O8. The van der Waals surface area contributed by atoms with Crippen molar-refractivity contribution in [1.29, 1.82) is 0 Å². The molecule has 2 saturated heterocycles. The van der Waals surface area contributed by atoms with E-state index in [1.807, 2.05) is 13.8 Å². The Labute approximate surface area is 212 Å². The highest BCUT2D eigenvalue weighted by molar-refractivity contribution is 5.98. The highest BCUT2D eigenvalue weighted by Gasteiger charge is 2.81. The first kappa shape index (κ1) is 25.0. The maximum Gasteiger partial charge on any atom is 0.311 e. The molecule has 36 heavy (non-hydrogen) atoms. The second kappa shape index (κ2) is 7.00. The number of carbonyl (C=O) groups is 2. The third-order valence-electron chi connectivity index (χ3n) is 12.4. The van der Waals surface area contributed by atoms with Gasteiger partial charge in [0.05, 0.1) is 23.0 Å². The first-order valence-corrected chi connectivity index (χ1v) is 13.5. The number of hydrogen-bond donors (Lipinski definition) is 4. The van der Waals surface area contributed by atoms with Gasteiger partial charge in [-0.2, -0.15) is 0 Å². The Morgan fingerprint density at radius 3 is 2.42 bits per heavy atom. The Bertz CT molecular complexity index is 1050. The van der Waals surface area contributed by atoms with Crippen LogP contribution < -0.4 is 0 Å². The van der Waals surface area contributed by atoms with E-state index in [-0.39, 0.29) is 36.1 Å². The summed E-state index contributed by atoms with van der Waals surface area (Å²) in [5, 5.41) is 46.0. The number of allylic oxidation sites excluding steroid dienone is 1. The number of ether oxygens (including phenoxy) is 2. The van der Waals surface area contributed by atoms with Gasteiger partial charge >= 0.3 is 5.97 Å². The highest BCUT2D eigenvalue weighted by atomic mass is 16.6. The van der Waals surface area contributed by atoms with Crippen LogP contribution in [0.1, 0.15) is 73.1 Å². The predicted octanol–water partition coefficient (Wildman–Crippen LogP) is 1.66. The SMILES string of the molecule is CC1C(=O)OC(C(C)(O)C2(O)CCC3C4CC5OC56C(O)C=CC(=O)C6(C)C4CCC32C)CC1(C)O. The number of aliphatic hydroxyl groups is 4. The van der Waals surface area contributed by atoms with Gasteiger partial charge in [0, 0.05) is 11.8 Å². The van der Waals surface area contributed by atoms with Crippen LogP contribution in [0.3, 0.4) is 0 Å². The molecule has 0 radical (unpaired) electrons. The monoisotopic (exact) mass is 504 g/mol. The summed E-state index contributed by atoms with van der Waals surface area (Å²) in [6.45, 7) is 8.70. The standard InChI is InChI=1S/C28H40O8/c1-14-22(31)35-21(13-24(14,3)32)26(5,33)27(34)11-9-16-15-12-20-28(36-20)19(30)7-6-18(29)25(28,4)17(15)8-10-23(16,27)2/h6-7,14-17,19-21,30,32-34H,8-13H2,1-5H3. The van der Waals surface area contributed by atoms with Crippen molar-refractivity contribution < 1.29 is 39.5 Å². The van der Waals surface area contributed by atoms with Gasteiger partial charge in [-0.3, -0.25) is 9.59 Å². The summed E-state index contributed by atoms with van der Waals surface area (Å²) >= 11 is 0. The van der Waals surface area contributed by atoms with Gasteiger partial charge in [-0.15, -0.1) is 0 Å². The van der Waals surface area contributed by atoms with Crippen LogP contribution in [-0.2, 0) is 19.1 Å². The molecule has 1 spiro atoms. The molecule has 0 amide bonds. The van der Waals surface area contributed by atoms with E-state index in [9.17, 15) is 30.0 Å². The van der Waals surface area contributed by atoms with Crippen LogP contribution in [0.5, 0.6) is 0 Å². The number of aliphatic hydroxyl groups excluding tert-OH is 1. The van der Waals surface area contributed by atoms with E-state index in [2.05, 4.69) is 0 Å². The summed E-state index contributed by atoms with van der Waals surface area (Å²) in [5.74, 6) is -1.17.